The van der Waals surface area contributed by atoms with E-state index in [0.29, 0.717) is 0 Å². The average Bonchev–Trinajstić information content (AvgIpc) is 2.83. The van der Waals surface area contributed by atoms with E-state index in [-0.39, 0.29) is 0 Å². The molecule has 2 heterocycles. The number of rotatable bonds is 10. The Morgan fingerprint density at radius 2 is 1.69 bits per heavy atom. The molecule has 0 radical (unpaired) electrons. The molecule has 17 heteroatoms. The Hall–Kier alpha value is -2.03. The van der Waals surface area contributed by atoms with Crippen molar-refractivity contribution in [3.8, 4) is 0 Å². The van der Waals surface area contributed by atoms with E-state index < -0.39 is 111 Å². The van der Waals surface area contributed by atoms with Crippen LogP contribution in [0.2, 0.25) is 0 Å². The molecule has 17 nitrogen and oxygen atoms in total. The number of aliphatic carboxylic acids is 1. The minimum absolute atomic E-state index is 0.643. The summed E-state index contributed by atoms with van der Waals surface area (Å²) in [6.07, 6.45) is -15.5. The normalized spacial score (nSPS) is 38.6. The Morgan fingerprint density at radius 1 is 1.06 bits per heavy atom. The molecule has 2 saturated heterocycles. The maximum absolute atomic E-state index is 12.1. The van der Waals surface area contributed by atoms with Crippen LogP contribution in [-0.4, -0.2) is 150 Å². The van der Waals surface area contributed by atoms with Gasteiger partial charge in [0.05, 0.1) is 25.4 Å². The van der Waals surface area contributed by atoms with Crippen LogP contribution in [0, 0.1) is 0 Å². The number of hydrogen-bond acceptors (Lipinski definition) is 14. The quantitative estimate of drug-likeness (QED) is 0.126. The number of carbonyl (C=O) groups excluding carboxylic acids is 2. The lowest BCUT2D eigenvalue weighted by Gasteiger charge is -2.47. The van der Waals surface area contributed by atoms with E-state index in [9.17, 15) is 50.1 Å². The molecule has 0 aromatic carbocycles. The van der Waals surface area contributed by atoms with Crippen LogP contribution in [0.3, 0.4) is 0 Å². The summed E-state index contributed by atoms with van der Waals surface area (Å²) < 4.78 is 15.8. The van der Waals surface area contributed by atoms with Crippen LogP contribution in [0.4, 0.5) is 0 Å². The molecule has 2 aliphatic rings. The fourth-order valence-corrected chi connectivity index (χ4v) is 3.97. The molecule has 2 aliphatic heterocycles. The van der Waals surface area contributed by atoms with Gasteiger partial charge in [0, 0.05) is 13.3 Å². The number of amides is 2. The number of hydrogen-bond donors (Lipinski definition) is 11. The fraction of sp³-hybridized carbons (Fsp3) is 0.842. The molecule has 208 valence electrons. The standard InChI is InChI=1S/C19H32N2O15/c1-6(24)20-12-15(30)14(29)9(35-17(12)31)5-34-19(18(32)33)2-7(25)11(21-10(27)4-23)16(36-19)13(28)8(26)3-22/h7-9,11-17,22-23,25-26,28-31H,2-5H2,1H3,(H,20,24)(H,21,27)(H,32,33)/t7-,8-,9?,11-,12?,13-,14+,15?,16?,17-,19-/m1/s1. The highest BCUT2D eigenvalue weighted by Crippen LogP contribution is 2.34. The van der Waals surface area contributed by atoms with E-state index in [4.69, 9.17) is 24.4 Å². The molecule has 0 spiro atoms. The summed E-state index contributed by atoms with van der Waals surface area (Å²) in [7, 11) is 0. The average molecular weight is 528 g/mol. The lowest BCUT2D eigenvalue weighted by molar-refractivity contribution is -0.328. The molecular weight excluding hydrogens is 496 g/mol. The number of aliphatic hydroxyl groups excluding tert-OH is 8. The van der Waals surface area contributed by atoms with Crippen molar-refractivity contribution in [1.82, 2.24) is 10.6 Å². The van der Waals surface area contributed by atoms with Crippen molar-refractivity contribution >= 4 is 17.8 Å². The number of carboxylic acid groups (broad SMARTS) is 1. The van der Waals surface area contributed by atoms with Gasteiger partial charge in [-0.05, 0) is 0 Å². The minimum atomic E-state index is -2.77. The van der Waals surface area contributed by atoms with Crippen LogP contribution >= 0.6 is 0 Å². The number of carbonyl (C=O) groups is 3. The third-order valence-electron chi connectivity index (χ3n) is 5.86. The van der Waals surface area contributed by atoms with Gasteiger partial charge in [-0.15, -0.1) is 0 Å². The second-order valence-corrected chi connectivity index (χ2v) is 8.49. The maximum Gasteiger partial charge on any atom is 0.364 e. The number of carboxylic acids is 1. The molecule has 0 aromatic rings. The molecule has 0 aromatic heterocycles. The fourth-order valence-electron chi connectivity index (χ4n) is 3.97. The minimum Gasteiger partial charge on any atom is -0.477 e. The van der Waals surface area contributed by atoms with E-state index in [1.807, 2.05) is 0 Å². The molecule has 11 N–H and O–H groups in total. The highest BCUT2D eigenvalue weighted by atomic mass is 16.7. The Labute approximate surface area is 203 Å². The van der Waals surface area contributed by atoms with E-state index >= 15 is 0 Å². The molecule has 36 heavy (non-hydrogen) atoms. The molecule has 2 amide bonds. The Balaban J connectivity index is 2.26. The summed E-state index contributed by atoms with van der Waals surface area (Å²) >= 11 is 0. The second-order valence-electron chi connectivity index (χ2n) is 8.49. The highest BCUT2D eigenvalue weighted by Gasteiger charge is 2.56. The van der Waals surface area contributed by atoms with Crippen molar-refractivity contribution < 1.29 is 74.6 Å². The summed E-state index contributed by atoms with van der Waals surface area (Å²) in [5.74, 6) is -6.28. The molecule has 2 rings (SSSR count). The highest BCUT2D eigenvalue weighted by molar-refractivity contribution is 5.78. The topological polar surface area (TPSA) is 285 Å². The Kier molecular flexibility index (Phi) is 10.5. The van der Waals surface area contributed by atoms with Gasteiger partial charge in [0.1, 0.15) is 49.3 Å². The first-order valence-corrected chi connectivity index (χ1v) is 10.8. The first kappa shape index (κ1) is 30.2. The van der Waals surface area contributed by atoms with Gasteiger partial charge >= 0.3 is 5.97 Å². The van der Waals surface area contributed by atoms with Crippen LogP contribution in [0.1, 0.15) is 13.3 Å². The van der Waals surface area contributed by atoms with Gasteiger partial charge in [-0.2, -0.15) is 0 Å². The molecule has 0 saturated carbocycles. The SMILES string of the molecule is CC(=O)NC1C(O)[C@@H](O)C(CO[C@]2(C(=O)O)C[C@@H](O)[C@@H](NC(=O)CO)C([C@H](O)[C@H](O)CO)O2)O[C@H]1O. The van der Waals surface area contributed by atoms with E-state index in [1.165, 1.54) is 0 Å². The largest absolute Gasteiger partial charge is 0.477 e. The van der Waals surface area contributed by atoms with E-state index in [2.05, 4.69) is 10.6 Å². The second kappa shape index (κ2) is 12.5. The van der Waals surface area contributed by atoms with Crippen LogP contribution in [0.15, 0.2) is 0 Å². The summed E-state index contributed by atoms with van der Waals surface area (Å²) in [6, 6.07) is -2.97. The molecule has 11 atom stereocenters. The van der Waals surface area contributed by atoms with E-state index in [0.717, 1.165) is 6.92 Å². The molecule has 2 fully saturated rings. The van der Waals surface area contributed by atoms with Gasteiger partial charge < -0.3 is 70.8 Å². The third kappa shape index (κ3) is 6.64. The zero-order valence-corrected chi connectivity index (χ0v) is 19.1. The van der Waals surface area contributed by atoms with Crippen LogP contribution in [0.5, 0.6) is 0 Å². The number of aliphatic hydroxyl groups is 8. The molecule has 0 aliphatic carbocycles. The monoisotopic (exact) mass is 528 g/mol. The van der Waals surface area contributed by atoms with Gasteiger partial charge in [-0.3, -0.25) is 9.59 Å². The Bertz CT molecular complexity index is 786. The van der Waals surface area contributed by atoms with Gasteiger partial charge in [0.25, 0.3) is 5.79 Å². The smallest absolute Gasteiger partial charge is 0.364 e. The first-order chi connectivity index (χ1) is 16.8. The summed E-state index contributed by atoms with van der Waals surface area (Å²) in [6.45, 7) is -1.80. The van der Waals surface area contributed by atoms with Crippen LogP contribution in [-0.2, 0) is 28.6 Å². The predicted molar refractivity (Wildman–Crippen MR) is 110 cm³/mol. The molecule has 4 unspecified atom stereocenters. The lowest BCUT2D eigenvalue weighted by Crippen LogP contribution is -2.69. The lowest BCUT2D eigenvalue weighted by atomic mass is 9.88. The number of ether oxygens (including phenoxy) is 3. The summed E-state index contributed by atoms with van der Waals surface area (Å²) in [5.41, 5.74) is 0. The zero-order valence-electron chi connectivity index (χ0n) is 19.1. The summed E-state index contributed by atoms with van der Waals surface area (Å²) in [5, 5.41) is 93.7. The van der Waals surface area contributed by atoms with Gasteiger partial charge in [-0.25, -0.2) is 4.79 Å². The molecular formula is C19H32N2O15. The van der Waals surface area contributed by atoms with Crippen molar-refractivity contribution in [2.45, 2.75) is 80.2 Å². The maximum atomic E-state index is 12.1. The first-order valence-electron chi connectivity index (χ1n) is 10.8. The van der Waals surface area contributed by atoms with Gasteiger partial charge in [-0.1, -0.05) is 0 Å². The molecule has 0 bridgehead atoms. The van der Waals surface area contributed by atoms with E-state index in [1.54, 1.807) is 0 Å². The zero-order chi connectivity index (χ0) is 27.4. The van der Waals surface area contributed by atoms with Gasteiger partial charge in [0.15, 0.2) is 6.29 Å². The van der Waals surface area contributed by atoms with Crippen LogP contribution in [0.25, 0.3) is 0 Å². The van der Waals surface area contributed by atoms with Crippen molar-refractivity contribution in [2.24, 2.45) is 0 Å². The predicted octanol–water partition coefficient (Wildman–Crippen LogP) is -6.93. The van der Waals surface area contributed by atoms with Crippen LogP contribution < -0.4 is 10.6 Å². The third-order valence-corrected chi connectivity index (χ3v) is 5.86. The van der Waals surface area contributed by atoms with Gasteiger partial charge in [0.2, 0.25) is 11.8 Å². The van der Waals surface area contributed by atoms with Crippen molar-refractivity contribution in [1.29, 1.82) is 0 Å². The van der Waals surface area contributed by atoms with Crippen molar-refractivity contribution in [3.05, 3.63) is 0 Å². The summed E-state index contributed by atoms with van der Waals surface area (Å²) in [4.78, 5) is 35.0. The Morgan fingerprint density at radius 3 is 2.22 bits per heavy atom. The number of nitrogens with one attached hydrogen (secondary N) is 2. The van der Waals surface area contributed by atoms with Crippen molar-refractivity contribution in [2.75, 3.05) is 19.8 Å². The van der Waals surface area contributed by atoms with Crippen molar-refractivity contribution in [3.63, 3.8) is 0 Å².